The van der Waals surface area contributed by atoms with Gasteiger partial charge >= 0.3 is 6.18 Å². The van der Waals surface area contributed by atoms with Crippen molar-refractivity contribution in [3.8, 4) is 0 Å². The lowest BCUT2D eigenvalue weighted by molar-refractivity contribution is -0.119. The molecule has 20 heavy (non-hydrogen) atoms. The number of alkyl halides is 3. The topological polar surface area (TPSA) is 42.1 Å². The number of benzene rings is 1. The summed E-state index contributed by atoms with van der Waals surface area (Å²) in [4.78, 5) is 5.60. The van der Waals surface area contributed by atoms with E-state index >= 15 is 0 Å². The van der Waals surface area contributed by atoms with Gasteiger partial charge in [0, 0.05) is 29.9 Å². The predicted octanol–water partition coefficient (Wildman–Crippen LogP) is 2.87. The lowest BCUT2D eigenvalue weighted by Gasteiger charge is -2.27. The van der Waals surface area contributed by atoms with Crippen molar-refractivity contribution >= 4 is 16.6 Å². The van der Waals surface area contributed by atoms with Gasteiger partial charge in [-0.05, 0) is 19.1 Å². The molecule has 3 nitrogen and oxygen atoms in total. The molecule has 6 heteroatoms. The van der Waals surface area contributed by atoms with Gasteiger partial charge in [0.05, 0.1) is 5.52 Å². The van der Waals surface area contributed by atoms with Crippen molar-refractivity contribution < 1.29 is 13.2 Å². The number of aromatic nitrogens is 1. The van der Waals surface area contributed by atoms with Crippen molar-refractivity contribution in [2.45, 2.75) is 13.1 Å². The first-order chi connectivity index (χ1) is 9.40. The van der Waals surface area contributed by atoms with Crippen LogP contribution in [-0.2, 0) is 0 Å². The predicted molar refractivity (Wildman–Crippen MR) is 73.8 cm³/mol. The van der Waals surface area contributed by atoms with Crippen LogP contribution in [0.15, 0.2) is 30.3 Å². The molecule has 0 amide bonds. The van der Waals surface area contributed by atoms with E-state index < -0.39 is 12.7 Å². The van der Waals surface area contributed by atoms with Gasteiger partial charge in [0.2, 0.25) is 0 Å². The first-order valence-corrected chi connectivity index (χ1v) is 6.29. The molecule has 0 aliphatic heterocycles. The van der Waals surface area contributed by atoms with E-state index in [4.69, 9.17) is 5.73 Å². The number of nitrogens with two attached hydrogens (primary N) is 1. The average molecular weight is 283 g/mol. The number of anilines is 1. The van der Waals surface area contributed by atoms with Gasteiger partial charge in [0.25, 0.3) is 0 Å². The van der Waals surface area contributed by atoms with Crippen molar-refractivity contribution in [2.75, 3.05) is 24.5 Å². The third-order valence-electron chi connectivity index (χ3n) is 2.93. The largest absolute Gasteiger partial charge is 0.405 e. The Kier molecular flexibility index (Phi) is 4.13. The molecule has 0 unspecified atom stereocenters. The molecule has 1 heterocycles. The van der Waals surface area contributed by atoms with E-state index in [1.807, 2.05) is 6.07 Å². The van der Waals surface area contributed by atoms with Crippen molar-refractivity contribution in [3.05, 3.63) is 36.0 Å². The Morgan fingerprint density at radius 1 is 1.25 bits per heavy atom. The van der Waals surface area contributed by atoms with Gasteiger partial charge in [-0.15, -0.1) is 0 Å². The fourth-order valence-electron chi connectivity index (χ4n) is 2.20. The summed E-state index contributed by atoms with van der Waals surface area (Å²) in [5.74, 6) is 0. The Hall–Kier alpha value is -1.82. The van der Waals surface area contributed by atoms with Gasteiger partial charge in [-0.25, -0.2) is 0 Å². The maximum Gasteiger partial charge on any atom is 0.405 e. The number of hydrogen-bond donors (Lipinski definition) is 1. The first-order valence-electron chi connectivity index (χ1n) is 6.29. The number of pyridine rings is 1. The van der Waals surface area contributed by atoms with E-state index in [9.17, 15) is 13.2 Å². The lowest BCUT2D eigenvalue weighted by atomic mass is 10.1. The fourth-order valence-corrected chi connectivity index (χ4v) is 2.20. The number of halogens is 3. The molecule has 0 atom stereocenters. The smallest absolute Gasteiger partial charge is 0.361 e. The third-order valence-corrected chi connectivity index (χ3v) is 2.93. The summed E-state index contributed by atoms with van der Waals surface area (Å²) in [7, 11) is 0. The summed E-state index contributed by atoms with van der Waals surface area (Å²) in [6, 6.07) is 8.84. The van der Waals surface area contributed by atoms with E-state index in [1.165, 1.54) is 4.90 Å². The van der Waals surface area contributed by atoms with Crippen LogP contribution in [0.1, 0.15) is 5.69 Å². The second kappa shape index (κ2) is 5.66. The Morgan fingerprint density at radius 3 is 2.60 bits per heavy atom. The summed E-state index contributed by atoms with van der Waals surface area (Å²) in [5.41, 5.74) is 7.34. The summed E-state index contributed by atoms with van der Waals surface area (Å²) < 4.78 is 38.2. The molecular weight excluding hydrogens is 267 g/mol. The maximum atomic E-state index is 12.7. The van der Waals surface area contributed by atoms with Gasteiger partial charge in [-0.2, -0.15) is 13.2 Å². The molecule has 0 aliphatic carbocycles. The highest BCUT2D eigenvalue weighted by Crippen LogP contribution is 2.29. The molecular formula is C14H16F3N3. The molecule has 1 aromatic carbocycles. The SMILES string of the molecule is Cc1cc(N(CCN)CC(F)(F)F)c2ccccc2n1. The van der Waals surface area contributed by atoms with E-state index in [0.717, 1.165) is 0 Å². The van der Waals surface area contributed by atoms with Crippen LogP contribution in [-0.4, -0.2) is 30.8 Å². The highest BCUT2D eigenvalue weighted by molar-refractivity contribution is 5.92. The minimum atomic E-state index is -4.27. The van der Waals surface area contributed by atoms with Crippen LogP contribution >= 0.6 is 0 Å². The monoisotopic (exact) mass is 283 g/mol. The van der Waals surface area contributed by atoms with Gasteiger partial charge in [0.1, 0.15) is 6.54 Å². The van der Waals surface area contributed by atoms with Crippen LogP contribution in [0.3, 0.4) is 0 Å². The fraction of sp³-hybridized carbons (Fsp3) is 0.357. The second-order valence-electron chi connectivity index (χ2n) is 4.63. The molecule has 2 rings (SSSR count). The van der Waals surface area contributed by atoms with Gasteiger partial charge in [0.15, 0.2) is 0 Å². The highest BCUT2D eigenvalue weighted by Gasteiger charge is 2.31. The standard InChI is InChI=1S/C14H16F3N3/c1-10-8-13(11-4-2-3-5-12(11)19-10)20(7-6-18)9-14(15,16)17/h2-5,8H,6-7,9,18H2,1H3. The Morgan fingerprint density at radius 2 is 1.95 bits per heavy atom. The quantitative estimate of drug-likeness (QED) is 0.938. The van der Waals surface area contributed by atoms with Crippen LogP contribution in [0.25, 0.3) is 10.9 Å². The Bertz CT molecular complexity index is 596. The first kappa shape index (κ1) is 14.6. The molecule has 2 N–H and O–H groups in total. The molecule has 0 spiro atoms. The summed E-state index contributed by atoms with van der Waals surface area (Å²) in [6.07, 6.45) is -4.27. The number of nitrogens with zero attached hydrogens (tertiary/aromatic N) is 2. The highest BCUT2D eigenvalue weighted by atomic mass is 19.4. The lowest BCUT2D eigenvalue weighted by Crippen LogP contribution is -2.37. The zero-order chi connectivity index (χ0) is 14.8. The average Bonchev–Trinajstić information content (AvgIpc) is 2.35. The van der Waals surface area contributed by atoms with E-state index in [-0.39, 0.29) is 13.1 Å². The van der Waals surface area contributed by atoms with Crippen molar-refractivity contribution in [1.29, 1.82) is 0 Å². The van der Waals surface area contributed by atoms with Gasteiger partial charge in [-0.1, -0.05) is 18.2 Å². The van der Waals surface area contributed by atoms with Crippen LogP contribution < -0.4 is 10.6 Å². The number of para-hydroxylation sites is 1. The molecule has 0 bridgehead atoms. The number of hydrogen-bond acceptors (Lipinski definition) is 3. The third kappa shape index (κ3) is 3.39. The van der Waals surface area contributed by atoms with Crippen LogP contribution in [0.2, 0.25) is 0 Å². The molecule has 0 saturated carbocycles. The zero-order valence-corrected chi connectivity index (χ0v) is 11.1. The summed E-state index contributed by atoms with van der Waals surface area (Å²) in [6.45, 7) is 1.06. The van der Waals surface area contributed by atoms with E-state index in [0.29, 0.717) is 22.3 Å². The molecule has 108 valence electrons. The minimum Gasteiger partial charge on any atom is -0.361 e. The molecule has 0 saturated heterocycles. The minimum absolute atomic E-state index is 0.146. The van der Waals surface area contributed by atoms with Crippen LogP contribution in [0.4, 0.5) is 18.9 Å². The van der Waals surface area contributed by atoms with E-state index in [1.54, 1.807) is 31.2 Å². The molecule has 1 aromatic heterocycles. The van der Waals surface area contributed by atoms with Gasteiger partial charge in [-0.3, -0.25) is 4.98 Å². The van der Waals surface area contributed by atoms with E-state index in [2.05, 4.69) is 4.98 Å². The summed E-state index contributed by atoms with van der Waals surface area (Å²) >= 11 is 0. The van der Waals surface area contributed by atoms with Crippen molar-refractivity contribution in [2.24, 2.45) is 5.73 Å². The number of aryl methyl sites for hydroxylation is 1. The molecule has 0 aliphatic rings. The zero-order valence-electron chi connectivity index (χ0n) is 11.1. The van der Waals surface area contributed by atoms with Crippen LogP contribution in [0.5, 0.6) is 0 Å². The van der Waals surface area contributed by atoms with Crippen LogP contribution in [0, 0.1) is 6.92 Å². The second-order valence-corrected chi connectivity index (χ2v) is 4.63. The molecule has 0 radical (unpaired) electrons. The Labute approximate surface area is 115 Å². The maximum absolute atomic E-state index is 12.7. The number of rotatable bonds is 4. The normalized spacial score (nSPS) is 11.8. The van der Waals surface area contributed by atoms with Crippen molar-refractivity contribution in [3.63, 3.8) is 0 Å². The van der Waals surface area contributed by atoms with Crippen molar-refractivity contribution in [1.82, 2.24) is 4.98 Å². The van der Waals surface area contributed by atoms with Gasteiger partial charge < -0.3 is 10.6 Å². The Balaban J connectivity index is 2.52. The molecule has 0 fully saturated rings. The number of fused-ring (bicyclic) bond motifs is 1. The summed E-state index contributed by atoms with van der Waals surface area (Å²) in [5, 5.41) is 0.704. The molecule has 2 aromatic rings.